The molecule has 0 aromatic carbocycles. The molecule has 0 aliphatic carbocycles. The van der Waals surface area contributed by atoms with E-state index in [-0.39, 0.29) is 12.3 Å². The summed E-state index contributed by atoms with van der Waals surface area (Å²) >= 11 is 0. The van der Waals surface area contributed by atoms with Gasteiger partial charge in [-0.2, -0.15) is 0 Å². The molecule has 1 saturated heterocycles. The fourth-order valence-corrected chi connectivity index (χ4v) is 2.19. The van der Waals surface area contributed by atoms with E-state index in [0.29, 0.717) is 38.5 Å². The Morgan fingerprint density at radius 3 is 2.52 bits per heavy atom. The van der Waals surface area contributed by atoms with Gasteiger partial charge in [0.1, 0.15) is 0 Å². The number of nitrogens with zero attached hydrogens (tertiary/aromatic N) is 2. The molecule has 2 heterocycles. The summed E-state index contributed by atoms with van der Waals surface area (Å²) < 4.78 is 5.09. The van der Waals surface area contributed by atoms with Gasteiger partial charge in [-0.25, -0.2) is 4.79 Å². The summed E-state index contributed by atoms with van der Waals surface area (Å²) in [5.74, 6) is -0.174. The van der Waals surface area contributed by atoms with E-state index in [9.17, 15) is 14.4 Å². The highest BCUT2D eigenvalue weighted by Crippen LogP contribution is 2.09. The number of nitrogens with one attached hydrogen (secondary N) is 1. The minimum atomic E-state index is -0.839. The normalized spacial score (nSPS) is 15.7. The van der Waals surface area contributed by atoms with Crippen molar-refractivity contribution in [2.24, 2.45) is 5.73 Å². The number of hydrogen-bond acceptors (Lipinski definition) is 5. The van der Waals surface area contributed by atoms with Gasteiger partial charge in [-0.05, 0) is 12.1 Å². The van der Waals surface area contributed by atoms with Crippen LogP contribution < -0.4 is 11.1 Å². The fraction of sp³-hybridized carbons (Fsp3) is 0.462. The van der Waals surface area contributed by atoms with Crippen LogP contribution in [0.2, 0.25) is 0 Å². The Bertz CT molecular complexity index is 506. The standard InChI is InChI=1S/C13H18N4O4/c14-13(20)15-11(18)3-4-16-5-7-17(8-6-16)12(19)10-2-1-9-21-10/h1-2,9H,3-8H2,(H3,14,15,18,20). The molecule has 0 unspecified atom stereocenters. The van der Waals surface area contributed by atoms with Crippen molar-refractivity contribution in [2.75, 3.05) is 32.7 Å². The average Bonchev–Trinajstić information content (AvgIpc) is 2.98. The quantitative estimate of drug-likeness (QED) is 0.787. The average molecular weight is 294 g/mol. The van der Waals surface area contributed by atoms with Crippen LogP contribution in [-0.4, -0.2) is 60.4 Å². The molecule has 0 spiro atoms. The zero-order chi connectivity index (χ0) is 15.2. The number of imide groups is 1. The Morgan fingerprint density at radius 2 is 1.95 bits per heavy atom. The van der Waals surface area contributed by atoms with Crippen molar-refractivity contribution in [3.05, 3.63) is 24.2 Å². The van der Waals surface area contributed by atoms with E-state index in [1.54, 1.807) is 17.0 Å². The molecule has 1 aliphatic rings. The smallest absolute Gasteiger partial charge is 0.318 e. The van der Waals surface area contributed by atoms with Crippen LogP contribution in [0.25, 0.3) is 0 Å². The van der Waals surface area contributed by atoms with Crippen LogP contribution in [0, 0.1) is 0 Å². The first-order chi connectivity index (χ1) is 10.1. The molecule has 1 aromatic rings. The number of rotatable bonds is 4. The molecule has 1 aromatic heterocycles. The molecule has 8 heteroatoms. The molecular weight excluding hydrogens is 276 g/mol. The highest BCUT2D eigenvalue weighted by atomic mass is 16.3. The molecule has 0 radical (unpaired) electrons. The van der Waals surface area contributed by atoms with Gasteiger partial charge in [-0.3, -0.25) is 19.8 Å². The summed E-state index contributed by atoms with van der Waals surface area (Å²) in [6.45, 7) is 3.04. The third-order valence-electron chi connectivity index (χ3n) is 3.31. The number of furan rings is 1. The number of urea groups is 1. The van der Waals surface area contributed by atoms with Gasteiger partial charge >= 0.3 is 6.03 Å². The topological polar surface area (TPSA) is 109 Å². The number of amides is 4. The van der Waals surface area contributed by atoms with Gasteiger partial charge in [-0.15, -0.1) is 0 Å². The molecule has 0 bridgehead atoms. The van der Waals surface area contributed by atoms with E-state index >= 15 is 0 Å². The second-order valence-electron chi connectivity index (χ2n) is 4.77. The second-order valence-corrected chi connectivity index (χ2v) is 4.77. The van der Waals surface area contributed by atoms with E-state index in [0.717, 1.165) is 0 Å². The van der Waals surface area contributed by atoms with E-state index < -0.39 is 11.9 Å². The second kappa shape index (κ2) is 6.89. The monoisotopic (exact) mass is 294 g/mol. The zero-order valence-electron chi connectivity index (χ0n) is 11.6. The summed E-state index contributed by atoms with van der Waals surface area (Å²) in [6.07, 6.45) is 1.68. The van der Waals surface area contributed by atoms with Crippen molar-refractivity contribution in [3.8, 4) is 0 Å². The lowest BCUT2D eigenvalue weighted by Gasteiger charge is -2.34. The third kappa shape index (κ3) is 4.32. The van der Waals surface area contributed by atoms with Crippen molar-refractivity contribution < 1.29 is 18.8 Å². The largest absolute Gasteiger partial charge is 0.459 e. The molecule has 8 nitrogen and oxygen atoms in total. The van der Waals surface area contributed by atoms with Crippen LogP contribution in [0.5, 0.6) is 0 Å². The molecule has 3 N–H and O–H groups in total. The molecule has 4 amide bonds. The predicted octanol–water partition coefficient (Wildman–Crippen LogP) is -0.378. The Labute approximate surface area is 121 Å². The van der Waals surface area contributed by atoms with Crippen LogP contribution >= 0.6 is 0 Å². The van der Waals surface area contributed by atoms with Crippen molar-refractivity contribution in [3.63, 3.8) is 0 Å². The number of nitrogens with two attached hydrogens (primary N) is 1. The Morgan fingerprint density at radius 1 is 1.24 bits per heavy atom. The highest BCUT2D eigenvalue weighted by Gasteiger charge is 2.23. The molecule has 21 heavy (non-hydrogen) atoms. The number of carbonyl (C=O) groups excluding carboxylic acids is 3. The van der Waals surface area contributed by atoms with Crippen LogP contribution in [0.15, 0.2) is 22.8 Å². The number of carbonyl (C=O) groups is 3. The van der Waals surface area contributed by atoms with E-state index in [1.165, 1.54) is 6.26 Å². The molecule has 2 rings (SSSR count). The first-order valence-corrected chi connectivity index (χ1v) is 6.70. The molecule has 0 saturated carbocycles. The lowest BCUT2D eigenvalue weighted by molar-refractivity contribution is -0.120. The summed E-state index contributed by atoms with van der Waals surface area (Å²) in [5, 5.41) is 2.02. The summed E-state index contributed by atoms with van der Waals surface area (Å²) in [5.41, 5.74) is 4.86. The van der Waals surface area contributed by atoms with Gasteiger partial charge in [0, 0.05) is 39.1 Å². The predicted molar refractivity (Wildman–Crippen MR) is 73.4 cm³/mol. The Balaban J connectivity index is 1.72. The maximum absolute atomic E-state index is 12.1. The van der Waals surface area contributed by atoms with E-state index in [2.05, 4.69) is 4.90 Å². The van der Waals surface area contributed by atoms with Crippen LogP contribution in [0.4, 0.5) is 4.79 Å². The number of hydrogen-bond donors (Lipinski definition) is 2. The minimum Gasteiger partial charge on any atom is -0.459 e. The molecule has 114 valence electrons. The highest BCUT2D eigenvalue weighted by molar-refractivity contribution is 5.93. The minimum absolute atomic E-state index is 0.119. The van der Waals surface area contributed by atoms with Crippen molar-refractivity contribution >= 4 is 17.8 Å². The third-order valence-corrected chi connectivity index (χ3v) is 3.31. The van der Waals surface area contributed by atoms with Gasteiger partial charge in [-0.1, -0.05) is 0 Å². The first-order valence-electron chi connectivity index (χ1n) is 6.70. The maximum Gasteiger partial charge on any atom is 0.318 e. The SMILES string of the molecule is NC(=O)NC(=O)CCN1CCN(C(=O)c2ccco2)CC1. The van der Waals surface area contributed by atoms with Gasteiger partial charge in [0.15, 0.2) is 5.76 Å². The van der Waals surface area contributed by atoms with Crippen LogP contribution in [-0.2, 0) is 4.79 Å². The molecule has 1 aliphatic heterocycles. The van der Waals surface area contributed by atoms with E-state index in [4.69, 9.17) is 10.2 Å². The lowest BCUT2D eigenvalue weighted by atomic mass is 10.2. The van der Waals surface area contributed by atoms with Gasteiger partial charge in [0.05, 0.1) is 6.26 Å². The molecule has 1 fully saturated rings. The van der Waals surface area contributed by atoms with Crippen LogP contribution in [0.1, 0.15) is 17.0 Å². The molecule has 0 atom stereocenters. The first kappa shape index (κ1) is 15.0. The summed E-state index contributed by atoms with van der Waals surface area (Å²) in [7, 11) is 0. The summed E-state index contributed by atoms with van der Waals surface area (Å²) in [4.78, 5) is 37.7. The van der Waals surface area contributed by atoms with Gasteiger partial charge in [0.2, 0.25) is 5.91 Å². The van der Waals surface area contributed by atoms with E-state index in [1.807, 2.05) is 5.32 Å². The number of primary amides is 1. The van der Waals surface area contributed by atoms with Gasteiger partial charge in [0.25, 0.3) is 5.91 Å². The Hall–Kier alpha value is -2.35. The Kier molecular flexibility index (Phi) is 4.94. The van der Waals surface area contributed by atoms with Crippen molar-refractivity contribution in [2.45, 2.75) is 6.42 Å². The maximum atomic E-state index is 12.1. The van der Waals surface area contributed by atoms with Crippen molar-refractivity contribution in [1.82, 2.24) is 15.1 Å². The van der Waals surface area contributed by atoms with Crippen molar-refractivity contribution in [1.29, 1.82) is 0 Å². The molecular formula is C13H18N4O4. The lowest BCUT2D eigenvalue weighted by Crippen LogP contribution is -2.49. The zero-order valence-corrected chi connectivity index (χ0v) is 11.6. The van der Waals surface area contributed by atoms with Crippen LogP contribution in [0.3, 0.4) is 0 Å². The number of piperazine rings is 1. The van der Waals surface area contributed by atoms with Gasteiger partial charge < -0.3 is 15.1 Å². The fourth-order valence-electron chi connectivity index (χ4n) is 2.19. The summed E-state index contributed by atoms with van der Waals surface area (Å²) in [6, 6.07) is 2.48.